The van der Waals surface area contributed by atoms with E-state index in [2.05, 4.69) is 4.98 Å². The van der Waals surface area contributed by atoms with Crippen molar-refractivity contribution in [3.8, 4) is 17.2 Å². The van der Waals surface area contributed by atoms with E-state index in [-0.39, 0.29) is 5.75 Å². The first-order valence-electron chi connectivity index (χ1n) is 10.6. The van der Waals surface area contributed by atoms with Gasteiger partial charge in [0.25, 0.3) is 0 Å². The highest BCUT2D eigenvalue weighted by Crippen LogP contribution is 2.38. The van der Waals surface area contributed by atoms with Crippen molar-refractivity contribution in [2.75, 3.05) is 5.75 Å². The summed E-state index contributed by atoms with van der Waals surface area (Å²) in [6, 6.07) is 12.9. The first kappa shape index (κ1) is 23.6. The van der Waals surface area contributed by atoms with Crippen LogP contribution < -0.4 is 4.74 Å². The number of thioether (sulfide) groups is 1. The Labute approximate surface area is 199 Å². The van der Waals surface area contributed by atoms with Crippen molar-refractivity contribution in [1.29, 1.82) is 0 Å². The van der Waals surface area contributed by atoms with Crippen LogP contribution in [-0.2, 0) is 28.6 Å². The predicted octanol–water partition coefficient (Wildman–Crippen LogP) is 3.74. The van der Waals surface area contributed by atoms with E-state index in [4.69, 9.17) is 23.4 Å². The van der Waals surface area contributed by atoms with Gasteiger partial charge in [-0.25, -0.2) is 4.98 Å². The minimum Gasteiger partial charge on any atom is -0.473 e. The number of hydrogen-bond acceptors (Lipinski definition) is 10. The van der Waals surface area contributed by atoms with Gasteiger partial charge in [-0.3, -0.25) is 14.4 Å². The summed E-state index contributed by atoms with van der Waals surface area (Å²) in [4.78, 5) is 39.7. The standard InChI is InChI=1S/C24H23NO8S/c1-13(26)29-20-12-34-24(23(31-15(3)28)22(20)30-14(2)27)33-18-9-6-10-25-21(18)19-11-16-7-4-5-8-17(16)32-19/h4-11,20,22-24H,12H2,1-3H3/t20-,22+,23-,24-/m1/s1. The summed E-state index contributed by atoms with van der Waals surface area (Å²) in [6.07, 6.45) is -1.26. The Bertz CT molecular complexity index is 1180. The Morgan fingerprint density at radius 2 is 1.65 bits per heavy atom. The van der Waals surface area contributed by atoms with Crippen LogP contribution >= 0.6 is 11.8 Å². The van der Waals surface area contributed by atoms with Gasteiger partial charge in [0.2, 0.25) is 0 Å². The van der Waals surface area contributed by atoms with Gasteiger partial charge in [0.05, 0.1) is 0 Å². The molecule has 1 fully saturated rings. The largest absolute Gasteiger partial charge is 0.473 e. The van der Waals surface area contributed by atoms with Crippen LogP contribution in [0.3, 0.4) is 0 Å². The molecule has 0 N–H and O–H groups in total. The third-order valence-corrected chi connectivity index (χ3v) is 6.19. The normalized spacial score (nSPS) is 22.1. The van der Waals surface area contributed by atoms with E-state index in [9.17, 15) is 14.4 Å². The van der Waals surface area contributed by atoms with E-state index in [0.717, 1.165) is 5.39 Å². The molecule has 10 heteroatoms. The third kappa shape index (κ3) is 5.33. The zero-order valence-electron chi connectivity index (χ0n) is 18.8. The van der Waals surface area contributed by atoms with Crippen LogP contribution in [0.2, 0.25) is 0 Å². The summed E-state index contributed by atoms with van der Waals surface area (Å²) in [5, 5.41) is 0.915. The van der Waals surface area contributed by atoms with Gasteiger partial charge >= 0.3 is 17.9 Å². The van der Waals surface area contributed by atoms with Crippen LogP contribution in [0.25, 0.3) is 22.4 Å². The summed E-state index contributed by atoms with van der Waals surface area (Å²) in [7, 11) is 0. The second kappa shape index (κ2) is 10.2. The molecule has 9 nitrogen and oxygen atoms in total. The number of furan rings is 1. The highest BCUT2D eigenvalue weighted by molar-refractivity contribution is 7.99. The maximum atomic E-state index is 11.9. The number of ether oxygens (including phenoxy) is 4. The molecule has 0 radical (unpaired) electrons. The number of carbonyl (C=O) groups excluding carboxylic acids is 3. The van der Waals surface area contributed by atoms with E-state index in [1.807, 2.05) is 30.3 Å². The highest BCUT2D eigenvalue weighted by atomic mass is 32.2. The molecule has 3 heterocycles. The summed E-state index contributed by atoms with van der Waals surface area (Å²) in [6.45, 7) is 3.73. The molecule has 0 bridgehead atoms. The fraction of sp³-hybridized carbons (Fsp3) is 0.333. The highest BCUT2D eigenvalue weighted by Gasteiger charge is 2.48. The smallest absolute Gasteiger partial charge is 0.303 e. The number of hydrogen-bond donors (Lipinski definition) is 0. The topological polar surface area (TPSA) is 114 Å². The summed E-state index contributed by atoms with van der Waals surface area (Å²) < 4.78 is 28.4. The quantitative estimate of drug-likeness (QED) is 0.378. The first-order chi connectivity index (χ1) is 16.3. The molecule has 0 spiro atoms. The van der Waals surface area contributed by atoms with Gasteiger partial charge < -0.3 is 23.4 Å². The number of rotatable bonds is 6. The Morgan fingerprint density at radius 1 is 0.941 bits per heavy atom. The maximum Gasteiger partial charge on any atom is 0.303 e. The van der Waals surface area contributed by atoms with Gasteiger partial charge in [0.15, 0.2) is 35.3 Å². The molecule has 1 aromatic carbocycles. The molecule has 1 aliphatic heterocycles. The first-order valence-corrected chi connectivity index (χ1v) is 11.6. The second-order valence-corrected chi connectivity index (χ2v) is 8.75. The van der Waals surface area contributed by atoms with Crippen molar-refractivity contribution in [3.63, 3.8) is 0 Å². The molecule has 178 valence electrons. The van der Waals surface area contributed by atoms with Crippen LogP contribution in [0, 0.1) is 0 Å². The Balaban J connectivity index is 1.66. The molecular weight excluding hydrogens is 462 g/mol. The fourth-order valence-electron chi connectivity index (χ4n) is 3.70. The van der Waals surface area contributed by atoms with E-state index in [1.165, 1.54) is 32.5 Å². The Morgan fingerprint density at radius 3 is 2.35 bits per heavy atom. The molecule has 4 rings (SSSR count). The molecule has 0 amide bonds. The molecule has 34 heavy (non-hydrogen) atoms. The third-order valence-electron chi connectivity index (χ3n) is 4.98. The molecule has 3 aromatic rings. The molecule has 0 aliphatic carbocycles. The Hall–Kier alpha value is -3.53. The second-order valence-electron chi connectivity index (χ2n) is 7.61. The van der Waals surface area contributed by atoms with Crippen molar-refractivity contribution in [2.24, 2.45) is 0 Å². The minimum atomic E-state index is -1.04. The molecule has 0 saturated carbocycles. The van der Waals surface area contributed by atoms with Gasteiger partial charge in [-0.05, 0) is 24.3 Å². The van der Waals surface area contributed by atoms with Crippen molar-refractivity contribution >= 4 is 40.6 Å². The molecule has 2 aromatic heterocycles. The average molecular weight is 486 g/mol. The number of carbonyl (C=O) groups is 3. The van der Waals surface area contributed by atoms with E-state index >= 15 is 0 Å². The summed E-state index contributed by atoms with van der Waals surface area (Å²) in [5.41, 5.74) is 0.400. The number of esters is 3. The van der Waals surface area contributed by atoms with Crippen LogP contribution in [-0.4, -0.2) is 52.4 Å². The zero-order valence-corrected chi connectivity index (χ0v) is 19.6. The summed E-state index contributed by atoms with van der Waals surface area (Å²) in [5.74, 6) is -0.569. The predicted molar refractivity (Wildman–Crippen MR) is 123 cm³/mol. The van der Waals surface area contributed by atoms with Gasteiger partial charge in [0, 0.05) is 38.1 Å². The van der Waals surface area contributed by atoms with Crippen LogP contribution in [0.15, 0.2) is 53.1 Å². The molecule has 0 unspecified atom stereocenters. The lowest BCUT2D eigenvalue weighted by molar-refractivity contribution is -0.186. The lowest BCUT2D eigenvalue weighted by Crippen LogP contribution is -2.55. The lowest BCUT2D eigenvalue weighted by atomic mass is 10.1. The maximum absolute atomic E-state index is 11.9. The van der Waals surface area contributed by atoms with Gasteiger partial charge in [-0.1, -0.05) is 18.2 Å². The van der Waals surface area contributed by atoms with Crippen LogP contribution in [0.5, 0.6) is 5.75 Å². The van der Waals surface area contributed by atoms with E-state index in [1.54, 1.807) is 18.3 Å². The van der Waals surface area contributed by atoms with E-state index in [0.29, 0.717) is 22.8 Å². The SMILES string of the molecule is CC(=O)O[C@@H]1[C@@H](OC(C)=O)[C@H](OC(C)=O)CS[C@H]1Oc1cccnc1-c1cc2ccccc2o1. The fourth-order valence-corrected chi connectivity index (χ4v) is 4.91. The number of nitrogens with zero attached hydrogens (tertiary/aromatic N) is 1. The molecule has 4 atom stereocenters. The summed E-state index contributed by atoms with van der Waals surface area (Å²) >= 11 is 1.27. The van der Waals surface area contributed by atoms with E-state index < -0.39 is 41.7 Å². The molecule has 1 saturated heterocycles. The molecular formula is C24H23NO8S. The van der Waals surface area contributed by atoms with Crippen LogP contribution in [0.1, 0.15) is 20.8 Å². The number of fused-ring (bicyclic) bond motifs is 1. The lowest BCUT2D eigenvalue weighted by Gasteiger charge is -2.40. The Kier molecular flexibility index (Phi) is 7.06. The zero-order chi connectivity index (χ0) is 24.2. The van der Waals surface area contributed by atoms with Crippen molar-refractivity contribution < 1.29 is 37.7 Å². The van der Waals surface area contributed by atoms with Gasteiger partial charge in [-0.2, -0.15) is 0 Å². The van der Waals surface area contributed by atoms with Crippen molar-refractivity contribution in [2.45, 2.75) is 44.5 Å². The number of pyridine rings is 1. The monoisotopic (exact) mass is 485 g/mol. The number of aromatic nitrogens is 1. The molecule has 1 aliphatic rings. The number of benzene rings is 1. The van der Waals surface area contributed by atoms with Gasteiger partial charge in [-0.15, -0.1) is 11.8 Å². The van der Waals surface area contributed by atoms with Crippen molar-refractivity contribution in [1.82, 2.24) is 4.98 Å². The minimum absolute atomic E-state index is 0.264. The number of para-hydroxylation sites is 1. The van der Waals surface area contributed by atoms with Crippen molar-refractivity contribution in [3.05, 3.63) is 48.7 Å². The average Bonchev–Trinajstić information content (AvgIpc) is 3.21. The van der Waals surface area contributed by atoms with Gasteiger partial charge in [0.1, 0.15) is 11.3 Å². The van der Waals surface area contributed by atoms with Crippen LogP contribution in [0.4, 0.5) is 0 Å².